The molecule has 77 heavy (non-hydrogen) atoms. The number of benzene rings is 5. The van der Waals surface area contributed by atoms with Gasteiger partial charge in [-0.15, -0.1) is 0 Å². The van der Waals surface area contributed by atoms with Crippen molar-refractivity contribution in [3.63, 3.8) is 0 Å². The molecule has 0 unspecified atom stereocenters. The van der Waals surface area contributed by atoms with Crippen molar-refractivity contribution in [1.29, 1.82) is 0 Å². The first kappa shape index (κ1) is 39.7. The highest BCUT2D eigenvalue weighted by Crippen LogP contribution is 2.40. The van der Waals surface area contributed by atoms with E-state index in [1.54, 1.807) is 11.3 Å². The van der Waals surface area contributed by atoms with Gasteiger partial charge in [0.15, 0.2) is 29.6 Å². The van der Waals surface area contributed by atoms with Crippen molar-refractivity contribution in [2.75, 3.05) is 0 Å². The van der Waals surface area contributed by atoms with Crippen LogP contribution in [0.1, 0.15) is 26.4 Å². The zero-order chi connectivity index (χ0) is 53.0. The fraction of sp³-hybridized carbons (Fsp3) is 0.0769. The van der Waals surface area contributed by atoms with Gasteiger partial charge in [0.25, 0.3) is 27.6 Å². The van der Waals surface area contributed by atoms with Crippen LogP contribution >= 0.6 is 11.3 Å². The largest absolute Gasteiger partial charge is 0.374 e. The number of hydrogen-bond donors (Lipinski definition) is 0. The van der Waals surface area contributed by atoms with Gasteiger partial charge in [-0.25, -0.2) is 26.7 Å². The molecule has 16 aromatic rings. The first-order valence-electron chi connectivity index (χ1n) is 27.6. The van der Waals surface area contributed by atoms with E-state index in [-0.39, 0.29) is 0 Å². The fourth-order valence-corrected chi connectivity index (χ4v) is 14.0. The average molecular weight is 1020 g/mol. The standard InChI is InChI=1S/C17H13N2S.3C16H12N3/c1-18-14-9-5-4-8-13(14)15-17(18)20-16-12-7-3-2-6-11(12)10-19(15)16;1-2-7-14-12(5-1)9-17-11-18-10-13-6-3-4-8-19(13)16(18)15(14)17;1-2-7-14-12(5-1)9-17-11-15-18-8-4-3-6-13(18)10-19(15)16(14)17;1-2-7-14-12(5-1)9-19-15(14)11-17-10-13-6-3-4-8-18(13)16(17)19/h2-9H,10H2,1H3;3*1-8,10-11H,9H2/q4*+1/i1D3;;;. The summed E-state index contributed by atoms with van der Waals surface area (Å²) in [6.07, 6.45) is 19.6. The molecule has 0 atom stereocenters. The van der Waals surface area contributed by atoms with Crippen molar-refractivity contribution in [3.05, 3.63) is 254 Å². The minimum Gasteiger partial charge on any atom is -0.330 e. The number of nitrogens with zero attached hydrogens (tertiary/aromatic N) is 11. The topological polar surface area (TPSA) is 48.4 Å². The molecule has 12 heteroatoms. The van der Waals surface area contributed by atoms with Crippen LogP contribution in [-0.4, -0.2) is 31.3 Å². The zero-order valence-electron chi connectivity index (χ0n) is 44.6. The molecule has 0 amide bonds. The van der Waals surface area contributed by atoms with E-state index in [9.17, 15) is 0 Å². The molecule has 20 rings (SSSR count). The number of aromatic nitrogens is 11. The minimum atomic E-state index is -2.18. The number of rotatable bonds is 0. The summed E-state index contributed by atoms with van der Waals surface area (Å²) < 4.78 is 48.1. The smallest absolute Gasteiger partial charge is 0.330 e. The summed E-state index contributed by atoms with van der Waals surface area (Å²) in [7, 11) is 0. The lowest BCUT2D eigenvalue weighted by molar-refractivity contribution is -0.670. The van der Waals surface area contributed by atoms with Crippen molar-refractivity contribution < 1.29 is 22.0 Å². The summed E-state index contributed by atoms with van der Waals surface area (Å²) in [6, 6.07) is 61.0. The maximum absolute atomic E-state index is 7.95. The second-order valence-corrected chi connectivity index (χ2v) is 21.4. The Kier molecular flexibility index (Phi) is 8.30. The van der Waals surface area contributed by atoms with Gasteiger partial charge in [0.1, 0.15) is 48.1 Å². The van der Waals surface area contributed by atoms with Crippen LogP contribution in [-0.2, 0) is 33.2 Å². The van der Waals surface area contributed by atoms with Gasteiger partial charge in [0.2, 0.25) is 0 Å². The minimum absolute atomic E-state index is 0.778. The highest BCUT2D eigenvalue weighted by Gasteiger charge is 2.35. The molecule has 4 aliphatic heterocycles. The highest BCUT2D eigenvalue weighted by atomic mass is 32.1. The van der Waals surface area contributed by atoms with Crippen LogP contribution < -0.4 is 17.9 Å². The van der Waals surface area contributed by atoms with Gasteiger partial charge >= 0.3 is 5.78 Å². The van der Waals surface area contributed by atoms with Crippen molar-refractivity contribution in [2.45, 2.75) is 26.2 Å². The summed E-state index contributed by atoms with van der Waals surface area (Å²) in [4.78, 5) is 0.829. The SMILES string of the molecule is [2H]C([2H])([2H])n1c2ccccc2c2c1sc1[n+]2Cc2ccccc2-1.c1ccc2c(c1)C[n+]1cc3n(cc4ccccn43)c1-2.c1ccc2c(c1)Cn1c-2c[n+]2cc3ccccn3c12.c1ccc2c(c1)Cn1c[n+]3cc4ccccn4c3c1-2. The summed E-state index contributed by atoms with van der Waals surface area (Å²) in [6.45, 7) is 1.54. The van der Waals surface area contributed by atoms with Gasteiger partial charge in [0, 0.05) is 39.5 Å². The molecular weight excluding hydrogens is 967 g/mol. The molecule has 0 bridgehead atoms. The van der Waals surface area contributed by atoms with Gasteiger partial charge in [-0.3, -0.25) is 8.97 Å². The Labute approximate surface area is 449 Å². The van der Waals surface area contributed by atoms with Crippen molar-refractivity contribution in [1.82, 2.24) is 31.3 Å². The molecule has 0 spiro atoms. The third-order valence-electron chi connectivity index (χ3n) is 16.1. The number of aryl methyl sites for hydroxylation is 1. The van der Waals surface area contributed by atoms with E-state index in [4.69, 9.17) is 4.11 Å². The molecule has 0 N–H and O–H groups in total. The Balaban J connectivity index is 0.0000000856. The summed E-state index contributed by atoms with van der Waals surface area (Å²) >= 11 is 1.57. The van der Waals surface area contributed by atoms with Crippen LogP contribution in [0.25, 0.3) is 99.3 Å². The molecule has 0 saturated carbocycles. The van der Waals surface area contributed by atoms with Crippen LogP contribution in [0.4, 0.5) is 0 Å². The molecule has 11 aromatic heterocycles. The van der Waals surface area contributed by atoms with Gasteiger partial charge < -0.3 is 4.57 Å². The lowest BCUT2D eigenvalue weighted by atomic mass is 10.1. The molecule has 4 aliphatic rings. The lowest BCUT2D eigenvalue weighted by Gasteiger charge is -1.94. The van der Waals surface area contributed by atoms with E-state index in [1.165, 1.54) is 99.9 Å². The molecule has 0 fully saturated rings. The lowest BCUT2D eigenvalue weighted by Crippen LogP contribution is -2.30. The van der Waals surface area contributed by atoms with Gasteiger partial charge in [-0.2, -0.15) is 8.97 Å². The Bertz CT molecular complexity index is 5220. The molecule has 5 aromatic carbocycles. The first-order valence-corrected chi connectivity index (χ1v) is 26.9. The van der Waals surface area contributed by atoms with Crippen molar-refractivity contribution >= 4 is 66.2 Å². The second-order valence-electron chi connectivity index (χ2n) is 20.4. The first-order chi connectivity index (χ1) is 39.3. The van der Waals surface area contributed by atoms with E-state index in [0.29, 0.717) is 0 Å². The fourth-order valence-electron chi connectivity index (χ4n) is 12.8. The molecule has 366 valence electrons. The van der Waals surface area contributed by atoms with E-state index in [2.05, 4.69) is 246 Å². The van der Waals surface area contributed by atoms with Crippen LogP contribution in [0, 0.1) is 0 Å². The van der Waals surface area contributed by atoms with Crippen molar-refractivity contribution in [2.24, 2.45) is 6.98 Å². The number of hydrogen-bond acceptors (Lipinski definition) is 1. The monoisotopic (exact) mass is 1020 g/mol. The molecule has 11 nitrogen and oxygen atoms in total. The number of thiazole rings is 1. The van der Waals surface area contributed by atoms with E-state index in [1.807, 2.05) is 30.3 Å². The second kappa shape index (κ2) is 16.1. The molecule has 0 saturated heterocycles. The maximum atomic E-state index is 7.95. The van der Waals surface area contributed by atoms with Crippen LogP contribution in [0.2, 0.25) is 0 Å². The highest BCUT2D eigenvalue weighted by molar-refractivity contribution is 7.21. The Morgan fingerprint density at radius 3 is 1.97 bits per heavy atom. The number of fused-ring (bicyclic) bond motifs is 28. The third-order valence-corrected chi connectivity index (χ3v) is 17.3. The number of para-hydroxylation sites is 1. The number of pyridine rings is 3. The Hall–Kier alpha value is -9.78. The average Bonchev–Trinajstić information content (AvgIpc) is 4.41. The van der Waals surface area contributed by atoms with Crippen molar-refractivity contribution in [3.8, 4) is 44.5 Å². The van der Waals surface area contributed by atoms with E-state index >= 15 is 0 Å². The summed E-state index contributed by atoms with van der Waals surface area (Å²) in [5.41, 5.74) is 21.4. The molecular formula is C65H49N11S+4. The van der Waals surface area contributed by atoms with Crippen LogP contribution in [0.5, 0.6) is 0 Å². The summed E-state index contributed by atoms with van der Waals surface area (Å²) in [5, 5.41) is 2.16. The molecule has 0 aliphatic carbocycles. The van der Waals surface area contributed by atoms with Gasteiger partial charge in [-0.1, -0.05) is 115 Å². The Morgan fingerprint density at radius 2 is 1.16 bits per heavy atom. The van der Waals surface area contributed by atoms with Gasteiger partial charge in [-0.05, 0) is 83.1 Å². The zero-order valence-corrected chi connectivity index (χ0v) is 42.4. The van der Waals surface area contributed by atoms with Gasteiger partial charge in [0.05, 0.1) is 53.0 Å². The van der Waals surface area contributed by atoms with E-state index < -0.39 is 6.98 Å². The maximum Gasteiger partial charge on any atom is 0.374 e. The molecule has 15 heterocycles. The normalized spacial score (nSPS) is 13.8. The van der Waals surface area contributed by atoms with E-state index in [0.717, 1.165) is 52.4 Å². The summed E-state index contributed by atoms with van der Waals surface area (Å²) in [5.74, 6) is 2.51. The molecule has 0 radical (unpaired) electrons. The Morgan fingerprint density at radius 1 is 0.519 bits per heavy atom. The predicted molar refractivity (Wildman–Crippen MR) is 302 cm³/mol. The van der Waals surface area contributed by atoms with Crippen LogP contribution in [0.15, 0.2) is 232 Å². The van der Waals surface area contributed by atoms with Crippen LogP contribution in [0.3, 0.4) is 0 Å². The third kappa shape index (κ3) is 6.18. The predicted octanol–water partition coefficient (Wildman–Crippen LogP) is 11.2. The quantitative estimate of drug-likeness (QED) is 0.136. The number of imidazole rings is 6.